The molecule has 1 fully saturated rings. The van der Waals surface area contributed by atoms with E-state index < -0.39 is 0 Å². The number of hydrogen-bond acceptors (Lipinski definition) is 4. The number of pyridine rings is 1. The van der Waals surface area contributed by atoms with Crippen molar-refractivity contribution in [1.82, 2.24) is 9.88 Å². The Morgan fingerprint density at radius 1 is 1.20 bits per heavy atom. The Morgan fingerprint density at radius 2 is 2.00 bits per heavy atom. The monoisotopic (exact) mass is 346 g/mol. The molecule has 138 valence electrons. The number of hydrogen-bond donors (Lipinski definition) is 0. The Hall–Kier alpha value is -1.91. The molecule has 25 heavy (non-hydrogen) atoms. The van der Waals surface area contributed by atoms with E-state index >= 15 is 0 Å². The predicted molar refractivity (Wildman–Crippen MR) is 96.7 cm³/mol. The fraction of sp³-hybridized carbons (Fsp3) is 0.650. The predicted octanol–water partition coefficient (Wildman–Crippen LogP) is 3.72. The van der Waals surface area contributed by atoms with Crippen LogP contribution in [0.1, 0.15) is 64.0 Å². The number of carbonyl (C=O) groups excluding carboxylic acids is 2. The summed E-state index contributed by atoms with van der Waals surface area (Å²) in [4.78, 5) is 30.4. The van der Waals surface area contributed by atoms with Gasteiger partial charge in [0.05, 0.1) is 25.3 Å². The van der Waals surface area contributed by atoms with E-state index in [1.165, 1.54) is 32.1 Å². The average molecular weight is 346 g/mol. The number of esters is 1. The second kappa shape index (κ2) is 10.9. The van der Waals surface area contributed by atoms with Crippen molar-refractivity contribution in [2.75, 3.05) is 13.2 Å². The van der Waals surface area contributed by atoms with Gasteiger partial charge in [-0.2, -0.15) is 0 Å². The molecule has 0 spiro atoms. The Morgan fingerprint density at radius 3 is 2.68 bits per heavy atom. The van der Waals surface area contributed by atoms with Crippen LogP contribution < -0.4 is 0 Å². The van der Waals surface area contributed by atoms with Crippen LogP contribution >= 0.6 is 0 Å². The molecule has 0 unspecified atom stereocenters. The van der Waals surface area contributed by atoms with Gasteiger partial charge in [-0.25, -0.2) is 0 Å². The topological polar surface area (TPSA) is 59.5 Å². The highest BCUT2D eigenvalue weighted by Crippen LogP contribution is 2.27. The maximum absolute atomic E-state index is 12.7. The minimum atomic E-state index is -0.256. The lowest BCUT2D eigenvalue weighted by Gasteiger charge is -2.25. The van der Waals surface area contributed by atoms with Crippen LogP contribution in [0.3, 0.4) is 0 Å². The lowest BCUT2D eigenvalue weighted by atomic mass is 9.86. The molecule has 0 aliphatic heterocycles. The van der Waals surface area contributed by atoms with Crippen LogP contribution in [0.25, 0.3) is 0 Å². The molecule has 1 aliphatic carbocycles. The lowest BCUT2D eigenvalue weighted by molar-refractivity contribution is -0.144. The van der Waals surface area contributed by atoms with Crippen molar-refractivity contribution in [3.05, 3.63) is 30.1 Å². The molecule has 1 aromatic heterocycles. The Kier molecular flexibility index (Phi) is 8.43. The SMILES string of the molecule is CCOC(=O)CCN(Cc1ccccn1)C(=O)CCC1CCCCC1. The molecule has 1 amide bonds. The van der Waals surface area contributed by atoms with Crippen molar-refractivity contribution >= 4 is 11.9 Å². The van der Waals surface area contributed by atoms with Crippen molar-refractivity contribution < 1.29 is 14.3 Å². The second-order valence-electron chi connectivity index (χ2n) is 6.73. The van der Waals surface area contributed by atoms with Crippen LogP contribution in [0.5, 0.6) is 0 Å². The molecule has 0 N–H and O–H groups in total. The molecule has 0 aromatic carbocycles. The van der Waals surface area contributed by atoms with Crippen LogP contribution in [0, 0.1) is 5.92 Å². The number of rotatable bonds is 9. The number of carbonyl (C=O) groups is 2. The van der Waals surface area contributed by atoms with Gasteiger partial charge in [0, 0.05) is 19.2 Å². The first-order valence-electron chi connectivity index (χ1n) is 9.52. The summed E-state index contributed by atoms with van der Waals surface area (Å²) in [5.41, 5.74) is 0.845. The van der Waals surface area contributed by atoms with Crippen LogP contribution in [0.4, 0.5) is 0 Å². The maximum Gasteiger partial charge on any atom is 0.307 e. The average Bonchev–Trinajstić information content (AvgIpc) is 2.65. The first-order chi connectivity index (χ1) is 12.2. The summed E-state index contributed by atoms with van der Waals surface area (Å²) in [5.74, 6) is 0.536. The van der Waals surface area contributed by atoms with E-state index in [1.54, 1.807) is 18.0 Å². The second-order valence-corrected chi connectivity index (χ2v) is 6.73. The van der Waals surface area contributed by atoms with E-state index in [2.05, 4.69) is 4.98 Å². The summed E-state index contributed by atoms with van der Waals surface area (Å²) in [6, 6.07) is 5.68. The molecule has 0 saturated heterocycles. The number of amides is 1. The first-order valence-corrected chi connectivity index (χ1v) is 9.52. The Labute approximate surface area is 150 Å². The number of aromatic nitrogens is 1. The van der Waals surface area contributed by atoms with Crippen molar-refractivity contribution in [2.24, 2.45) is 5.92 Å². The van der Waals surface area contributed by atoms with Crippen LogP contribution in [-0.2, 0) is 20.9 Å². The van der Waals surface area contributed by atoms with Gasteiger partial charge in [0.1, 0.15) is 0 Å². The summed E-state index contributed by atoms with van der Waals surface area (Å²) in [7, 11) is 0. The number of ether oxygens (including phenoxy) is 1. The molecule has 2 rings (SSSR count). The smallest absolute Gasteiger partial charge is 0.307 e. The highest BCUT2D eigenvalue weighted by molar-refractivity contribution is 5.77. The van der Waals surface area contributed by atoms with E-state index in [9.17, 15) is 9.59 Å². The van der Waals surface area contributed by atoms with Gasteiger partial charge >= 0.3 is 5.97 Å². The van der Waals surface area contributed by atoms with E-state index in [-0.39, 0.29) is 18.3 Å². The van der Waals surface area contributed by atoms with Gasteiger partial charge in [0.15, 0.2) is 0 Å². The summed E-state index contributed by atoms with van der Waals surface area (Å²) in [6.45, 7) is 3.00. The Balaban J connectivity index is 1.89. The molecular weight excluding hydrogens is 316 g/mol. The van der Waals surface area contributed by atoms with Crippen LogP contribution in [0.2, 0.25) is 0 Å². The van der Waals surface area contributed by atoms with Crippen molar-refractivity contribution in [2.45, 2.75) is 64.8 Å². The van der Waals surface area contributed by atoms with Gasteiger partial charge in [-0.15, -0.1) is 0 Å². The highest BCUT2D eigenvalue weighted by Gasteiger charge is 2.19. The third-order valence-corrected chi connectivity index (χ3v) is 4.81. The van der Waals surface area contributed by atoms with Gasteiger partial charge in [0.2, 0.25) is 5.91 Å². The fourth-order valence-corrected chi connectivity index (χ4v) is 3.40. The minimum Gasteiger partial charge on any atom is -0.466 e. The largest absolute Gasteiger partial charge is 0.466 e. The zero-order valence-corrected chi connectivity index (χ0v) is 15.3. The zero-order chi connectivity index (χ0) is 17.9. The fourth-order valence-electron chi connectivity index (χ4n) is 3.40. The van der Waals surface area contributed by atoms with E-state index in [0.29, 0.717) is 32.0 Å². The summed E-state index contributed by atoms with van der Waals surface area (Å²) in [6.07, 6.45) is 9.87. The van der Waals surface area contributed by atoms with Gasteiger partial charge in [-0.05, 0) is 31.4 Å². The van der Waals surface area contributed by atoms with Gasteiger partial charge in [-0.1, -0.05) is 38.2 Å². The Bertz CT molecular complexity index is 527. The molecule has 5 nitrogen and oxygen atoms in total. The standard InChI is InChI=1S/C20H30N2O3/c1-2-25-20(24)13-15-22(16-18-10-6-7-14-21-18)19(23)12-11-17-8-4-3-5-9-17/h6-7,10,14,17H,2-5,8-9,11-13,15-16H2,1H3. The molecule has 1 aromatic rings. The molecule has 1 heterocycles. The first kappa shape index (κ1) is 19.4. The molecule has 0 atom stereocenters. The van der Waals surface area contributed by atoms with Gasteiger partial charge < -0.3 is 9.64 Å². The molecule has 0 bridgehead atoms. The number of nitrogens with zero attached hydrogens (tertiary/aromatic N) is 2. The van der Waals surface area contributed by atoms with Gasteiger partial charge in [-0.3, -0.25) is 14.6 Å². The summed E-state index contributed by atoms with van der Waals surface area (Å²) < 4.78 is 4.98. The molecular formula is C20H30N2O3. The van der Waals surface area contributed by atoms with Crippen LogP contribution in [-0.4, -0.2) is 34.9 Å². The lowest BCUT2D eigenvalue weighted by Crippen LogP contribution is -2.33. The highest BCUT2D eigenvalue weighted by atomic mass is 16.5. The summed E-state index contributed by atoms with van der Waals surface area (Å²) >= 11 is 0. The third-order valence-electron chi connectivity index (χ3n) is 4.81. The van der Waals surface area contributed by atoms with Crippen molar-refractivity contribution in [3.8, 4) is 0 Å². The van der Waals surface area contributed by atoms with Gasteiger partial charge in [0.25, 0.3) is 0 Å². The molecule has 5 heteroatoms. The zero-order valence-electron chi connectivity index (χ0n) is 15.3. The minimum absolute atomic E-state index is 0.112. The molecule has 0 radical (unpaired) electrons. The van der Waals surface area contributed by atoms with E-state index in [1.807, 2.05) is 18.2 Å². The normalized spacial score (nSPS) is 14.9. The molecule has 1 aliphatic rings. The summed E-state index contributed by atoms with van der Waals surface area (Å²) in [5, 5.41) is 0. The van der Waals surface area contributed by atoms with E-state index in [0.717, 1.165) is 12.1 Å². The van der Waals surface area contributed by atoms with Crippen molar-refractivity contribution in [3.63, 3.8) is 0 Å². The van der Waals surface area contributed by atoms with Crippen LogP contribution in [0.15, 0.2) is 24.4 Å². The quantitative estimate of drug-likeness (QED) is 0.639. The van der Waals surface area contributed by atoms with Crippen molar-refractivity contribution in [1.29, 1.82) is 0 Å². The molecule has 1 saturated carbocycles. The third kappa shape index (κ3) is 7.24. The maximum atomic E-state index is 12.7. The van der Waals surface area contributed by atoms with E-state index in [4.69, 9.17) is 4.74 Å².